The number of hydrazone groups is 1. The highest BCUT2D eigenvalue weighted by atomic mass is 19.1. The largest absolute Gasteiger partial charge is 0.489 e. The van der Waals surface area contributed by atoms with Gasteiger partial charge in [-0.2, -0.15) is 5.10 Å². The summed E-state index contributed by atoms with van der Waals surface area (Å²) in [5.41, 5.74) is 7.53. The number of pyridine rings is 1. The number of ether oxygens (including phenoxy) is 1. The van der Waals surface area contributed by atoms with Crippen molar-refractivity contribution < 1.29 is 14.1 Å². The van der Waals surface area contributed by atoms with Gasteiger partial charge in [-0.15, -0.1) is 0 Å². The van der Waals surface area contributed by atoms with E-state index in [9.17, 15) is 14.5 Å². The average molecular weight is 459 g/mol. The van der Waals surface area contributed by atoms with E-state index < -0.39 is 4.92 Å². The predicted octanol–water partition coefficient (Wildman–Crippen LogP) is 5.56. The summed E-state index contributed by atoms with van der Waals surface area (Å²) >= 11 is 0. The summed E-state index contributed by atoms with van der Waals surface area (Å²) in [5, 5.41) is 14.9. The second-order valence-electron chi connectivity index (χ2n) is 7.60. The lowest BCUT2D eigenvalue weighted by Gasteiger charge is -2.11. The number of halogens is 1. The molecule has 0 bridgehead atoms. The first kappa shape index (κ1) is 22.7. The number of nitrogens with zero attached hydrogens (tertiary/aromatic N) is 4. The Bertz CT molecular complexity index is 1310. The average Bonchev–Trinajstić information content (AvgIpc) is 3.12. The Morgan fingerprint density at radius 3 is 2.50 bits per heavy atom. The minimum atomic E-state index is -0.501. The molecule has 0 fully saturated rings. The van der Waals surface area contributed by atoms with Gasteiger partial charge >= 0.3 is 0 Å². The van der Waals surface area contributed by atoms with Gasteiger partial charge < -0.3 is 9.30 Å². The van der Waals surface area contributed by atoms with Gasteiger partial charge in [0, 0.05) is 28.7 Å². The maximum absolute atomic E-state index is 13.0. The number of benzene rings is 2. The fraction of sp³-hybridized carbons (Fsp3) is 0.120. The van der Waals surface area contributed by atoms with E-state index in [1.165, 1.54) is 30.5 Å². The summed E-state index contributed by atoms with van der Waals surface area (Å²) in [4.78, 5) is 14.2. The Kier molecular flexibility index (Phi) is 6.63. The molecule has 0 amide bonds. The Balaban J connectivity index is 1.42. The predicted molar refractivity (Wildman–Crippen MR) is 128 cm³/mol. The molecule has 0 aliphatic rings. The number of rotatable bonds is 8. The van der Waals surface area contributed by atoms with Crippen LogP contribution in [0.3, 0.4) is 0 Å². The molecule has 8 nitrogen and oxygen atoms in total. The molecule has 34 heavy (non-hydrogen) atoms. The van der Waals surface area contributed by atoms with Gasteiger partial charge in [-0.1, -0.05) is 12.1 Å². The normalized spacial score (nSPS) is 11.0. The number of aromatic nitrogens is 2. The zero-order chi connectivity index (χ0) is 24.1. The molecule has 0 unspecified atom stereocenters. The first-order valence-corrected chi connectivity index (χ1v) is 10.5. The van der Waals surface area contributed by atoms with Crippen molar-refractivity contribution in [2.24, 2.45) is 5.10 Å². The molecular weight excluding hydrogens is 437 g/mol. The number of hydrogen-bond donors (Lipinski definition) is 1. The van der Waals surface area contributed by atoms with Crippen LogP contribution in [-0.2, 0) is 6.61 Å². The van der Waals surface area contributed by atoms with E-state index in [1.807, 2.05) is 44.2 Å². The summed E-state index contributed by atoms with van der Waals surface area (Å²) in [5.74, 6) is 0.859. The number of nitro groups is 1. The topological polar surface area (TPSA) is 94.6 Å². The van der Waals surface area contributed by atoms with E-state index in [0.29, 0.717) is 12.4 Å². The molecule has 2 aromatic carbocycles. The van der Waals surface area contributed by atoms with Crippen molar-refractivity contribution >= 4 is 17.7 Å². The van der Waals surface area contributed by atoms with Crippen LogP contribution in [0.25, 0.3) is 5.69 Å². The van der Waals surface area contributed by atoms with Gasteiger partial charge in [-0.3, -0.25) is 15.5 Å². The van der Waals surface area contributed by atoms with Gasteiger partial charge in [0.15, 0.2) is 0 Å². The molecule has 0 radical (unpaired) electrons. The van der Waals surface area contributed by atoms with Gasteiger partial charge in [0.05, 0.1) is 11.1 Å². The SMILES string of the molecule is Cc1cc(/C=N/Nc2ccc([N+](=O)[O-])cn2)c(C)n1-c1ccc(OCc2ccc(F)cc2)cc1. The summed E-state index contributed by atoms with van der Waals surface area (Å²) in [6, 6.07) is 18.8. The van der Waals surface area contributed by atoms with Crippen molar-refractivity contribution in [3.05, 3.63) is 111 Å². The lowest BCUT2D eigenvalue weighted by molar-refractivity contribution is -0.385. The highest BCUT2D eigenvalue weighted by Gasteiger charge is 2.10. The summed E-state index contributed by atoms with van der Waals surface area (Å²) in [6.45, 7) is 4.37. The van der Waals surface area contributed by atoms with Crippen LogP contribution in [0.15, 0.2) is 78.0 Å². The number of aryl methyl sites for hydroxylation is 1. The van der Waals surface area contributed by atoms with Gasteiger partial charge in [0.2, 0.25) is 0 Å². The van der Waals surface area contributed by atoms with Crippen LogP contribution in [0.4, 0.5) is 15.9 Å². The second kappa shape index (κ2) is 9.95. The molecule has 0 aliphatic heterocycles. The molecule has 2 aromatic heterocycles. The summed E-state index contributed by atoms with van der Waals surface area (Å²) in [7, 11) is 0. The van der Waals surface area contributed by atoms with Gasteiger partial charge in [0.25, 0.3) is 5.69 Å². The fourth-order valence-corrected chi connectivity index (χ4v) is 3.48. The molecule has 0 aliphatic carbocycles. The molecular formula is C25H22FN5O3. The van der Waals surface area contributed by atoms with Crippen LogP contribution in [0.1, 0.15) is 22.5 Å². The van der Waals surface area contributed by atoms with Crippen LogP contribution < -0.4 is 10.2 Å². The number of hydrogen-bond acceptors (Lipinski definition) is 6. The molecule has 4 rings (SSSR count). The third kappa shape index (κ3) is 5.26. The van der Waals surface area contributed by atoms with Crippen molar-refractivity contribution in [2.45, 2.75) is 20.5 Å². The summed E-state index contributed by atoms with van der Waals surface area (Å²) in [6.07, 6.45) is 2.86. The molecule has 0 saturated heterocycles. The van der Waals surface area contributed by atoms with Crippen molar-refractivity contribution in [3.63, 3.8) is 0 Å². The summed E-state index contributed by atoms with van der Waals surface area (Å²) < 4.78 is 20.9. The Hall–Kier alpha value is -4.53. The standard InChI is InChI=1S/C25H22FN5O3/c1-17-13-20(14-28-29-25-12-9-23(15-27-25)31(32)33)18(2)30(17)22-7-10-24(11-8-22)34-16-19-3-5-21(26)6-4-19/h3-15H,16H2,1-2H3,(H,27,29)/b28-14+. The minimum absolute atomic E-state index is 0.0788. The van der Waals surface area contributed by atoms with Crippen LogP contribution in [0.2, 0.25) is 0 Å². The van der Waals surface area contributed by atoms with Crippen molar-refractivity contribution in [1.82, 2.24) is 9.55 Å². The van der Waals surface area contributed by atoms with E-state index in [0.717, 1.165) is 34.0 Å². The van der Waals surface area contributed by atoms with E-state index in [2.05, 4.69) is 20.1 Å². The van der Waals surface area contributed by atoms with Gasteiger partial charge in [0.1, 0.15) is 30.2 Å². The highest BCUT2D eigenvalue weighted by Crippen LogP contribution is 2.23. The molecule has 9 heteroatoms. The zero-order valence-electron chi connectivity index (χ0n) is 18.6. The first-order chi connectivity index (χ1) is 16.4. The maximum atomic E-state index is 13.0. The Morgan fingerprint density at radius 1 is 1.12 bits per heavy atom. The van der Waals surface area contributed by atoms with Crippen molar-refractivity contribution in [3.8, 4) is 11.4 Å². The van der Waals surface area contributed by atoms with Crippen LogP contribution >= 0.6 is 0 Å². The molecule has 0 spiro atoms. The van der Waals surface area contributed by atoms with Gasteiger partial charge in [-0.25, -0.2) is 9.37 Å². The second-order valence-corrected chi connectivity index (χ2v) is 7.60. The monoisotopic (exact) mass is 459 g/mol. The van der Waals surface area contributed by atoms with E-state index in [1.54, 1.807) is 18.3 Å². The molecule has 0 atom stereocenters. The maximum Gasteiger partial charge on any atom is 0.287 e. The lowest BCUT2D eigenvalue weighted by atomic mass is 10.2. The molecule has 0 saturated carbocycles. The smallest absolute Gasteiger partial charge is 0.287 e. The van der Waals surface area contributed by atoms with Crippen LogP contribution in [0.5, 0.6) is 5.75 Å². The van der Waals surface area contributed by atoms with E-state index in [4.69, 9.17) is 4.74 Å². The number of anilines is 1. The Labute approximate surface area is 195 Å². The zero-order valence-corrected chi connectivity index (χ0v) is 18.6. The Morgan fingerprint density at radius 2 is 1.85 bits per heavy atom. The van der Waals surface area contributed by atoms with E-state index in [-0.39, 0.29) is 11.5 Å². The molecule has 4 aromatic rings. The molecule has 172 valence electrons. The van der Waals surface area contributed by atoms with E-state index >= 15 is 0 Å². The molecule has 1 N–H and O–H groups in total. The first-order valence-electron chi connectivity index (χ1n) is 10.5. The quantitative estimate of drug-likeness (QED) is 0.211. The molecule has 2 heterocycles. The van der Waals surface area contributed by atoms with Crippen molar-refractivity contribution in [2.75, 3.05) is 5.43 Å². The minimum Gasteiger partial charge on any atom is -0.489 e. The van der Waals surface area contributed by atoms with Crippen molar-refractivity contribution in [1.29, 1.82) is 0 Å². The lowest BCUT2D eigenvalue weighted by Crippen LogP contribution is -2.01. The third-order valence-corrected chi connectivity index (χ3v) is 5.23. The van der Waals surface area contributed by atoms with Gasteiger partial charge in [-0.05, 0) is 67.9 Å². The van der Waals surface area contributed by atoms with Crippen LogP contribution in [0, 0.1) is 29.8 Å². The third-order valence-electron chi connectivity index (χ3n) is 5.23. The number of nitrogens with one attached hydrogen (secondary N) is 1. The van der Waals surface area contributed by atoms with Crippen LogP contribution in [-0.4, -0.2) is 20.7 Å². The fourth-order valence-electron chi connectivity index (χ4n) is 3.48. The highest BCUT2D eigenvalue weighted by molar-refractivity contribution is 5.82.